The van der Waals surface area contributed by atoms with Gasteiger partial charge in [-0.2, -0.15) is 0 Å². The number of ketones is 1. The van der Waals surface area contributed by atoms with Crippen LogP contribution in [0.3, 0.4) is 0 Å². The third-order valence-electron chi connectivity index (χ3n) is 2.45. The first-order valence-corrected chi connectivity index (χ1v) is 5.49. The summed E-state index contributed by atoms with van der Waals surface area (Å²) in [6, 6.07) is 7.27. The summed E-state index contributed by atoms with van der Waals surface area (Å²) < 4.78 is 0. The minimum atomic E-state index is 0.161. The first-order valence-electron chi connectivity index (χ1n) is 5.49. The molecule has 0 spiro atoms. The van der Waals surface area contributed by atoms with Crippen molar-refractivity contribution in [3.8, 4) is 0 Å². The van der Waals surface area contributed by atoms with Crippen LogP contribution in [-0.2, 0) is 0 Å². The molecule has 82 valence electrons. The molecule has 2 N–H and O–H groups in total. The van der Waals surface area contributed by atoms with Crippen molar-refractivity contribution in [1.82, 2.24) is 0 Å². The van der Waals surface area contributed by atoms with Crippen molar-refractivity contribution in [3.05, 3.63) is 29.8 Å². The molecule has 0 aliphatic rings. The van der Waals surface area contributed by atoms with Crippen molar-refractivity contribution in [2.24, 2.45) is 5.92 Å². The van der Waals surface area contributed by atoms with Gasteiger partial charge in [0.1, 0.15) is 0 Å². The zero-order valence-corrected chi connectivity index (χ0v) is 9.49. The number of nitrogen functional groups attached to an aromatic ring is 1. The van der Waals surface area contributed by atoms with E-state index in [-0.39, 0.29) is 5.78 Å². The number of hydrogen-bond acceptors (Lipinski definition) is 2. The number of benzene rings is 1. The number of carbonyl (C=O) groups is 1. The van der Waals surface area contributed by atoms with E-state index in [1.165, 1.54) is 0 Å². The quantitative estimate of drug-likeness (QED) is 0.592. The van der Waals surface area contributed by atoms with Gasteiger partial charge in [-0.05, 0) is 24.5 Å². The summed E-state index contributed by atoms with van der Waals surface area (Å²) >= 11 is 0. The maximum Gasteiger partial charge on any atom is 0.164 e. The van der Waals surface area contributed by atoms with Gasteiger partial charge in [0, 0.05) is 17.7 Å². The normalized spacial score (nSPS) is 10.6. The van der Waals surface area contributed by atoms with Gasteiger partial charge < -0.3 is 5.73 Å². The first-order chi connectivity index (χ1) is 7.11. The fraction of sp³-hybridized carbons (Fsp3) is 0.462. The van der Waals surface area contributed by atoms with E-state index in [0.29, 0.717) is 23.6 Å². The molecule has 0 aromatic heterocycles. The highest BCUT2D eigenvalue weighted by molar-refractivity contribution is 6.00. The summed E-state index contributed by atoms with van der Waals surface area (Å²) in [4.78, 5) is 11.8. The SMILES string of the molecule is CC(C)CCCC(=O)c1ccccc1N. The number of rotatable bonds is 5. The average molecular weight is 205 g/mol. The van der Waals surface area contributed by atoms with E-state index in [1.54, 1.807) is 12.1 Å². The van der Waals surface area contributed by atoms with Crippen LogP contribution in [0.5, 0.6) is 0 Å². The molecule has 0 bridgehead atoms. The molecule has 0 aliphatic heterocycles. The van der Waals surface area contributed by atoms with Gasteiger partial charge in [0.25, 0.3) is 0 Å². The summed E-state index contributed by atoms with van der Waals surface area (Å²) in [6.45, 7) is 4.34. The predicted molar refractivity (Wildman–Crippen MR) is 63.9 cm³/mol. The number of Topliss-reactive ketones (excluding diaryl/α,β-unsaturated/α-hetero) is 1. The van der Waals surface area contributed by atoms with E-state index >= 15 is 0 Å². The largest absolute Gasteiger partial charge is 0.398 e. The van der Waals surface area contributed by atoms with Crippen LogP contribution >= 0.6 is 0 Å². The highest BCUT2D eigenvalue weighted by atomic mass is 16.1. The lowest BCUT2D eigenvalue weighted by atomic mass is 10.0. The Morgan fingerprint density at radius 1 is 1.33 bits per heavy atom. The lowest BCUT2D eigenvalue weighted by Crippen LogP contribution is -2.03. The second-order valence-electron chi connectivity index (χ2n) is 4.30. The molecule has 0 radical (unpaired) electrons. The second kappa shape index (κ2) is 5.54. The van der Waals surface area contributed by atoms with E-state index < -0.39 is 0 Å². The van der Waals surface area contributed by atoms with E-state index in [0.717, 1.165) is 12.8 Å². The number of carbonyl (C=O) groups excluding carboxylic acids is 1. The molecule has 15 heavy (non-hydrogen) atoms. The molecule has 0 fully saturated rings. The van der Waals surface area contributed by atoms with Gasteiger partial charge in [-0.3, -0.25) is 4.79 Å². The fourth-order valence-electron chi connectivity index (χ4n) is 1.56. The number of hydrogen-bond donors (Lipinski definition) is 1. The van der Waals surface area contributed by atoms with Crippen molar-refractivity contribution in [2.75, 3.05) is 5.73 Å². The Hall–Kier alpha value is -1.31. The van der Waals surface area contributed by atoms with E-state index in [4.69, 9.17) is 5.73 Å². The topological polar surface area (TPSA) is 43.1 Å². The lowest BCUT2D eigenvalue weighted by Gasteiger charge is -2.05. The molecule has 0 unspecified atom stereocenters. The number of para-hydroxylation sites is 1. The van der Waals surface area contributed by atoms with Crippen molar-refractivity contribution in [2.45, 2.75) is 33.1 Å². The fourth-order valence-corrected chi connectivity index (χ4v) is 1.56. The number of anilines is 1. The Bertz CT molecular complexity index is 331. The summed E-state index contributed by atoms with van der Waals surface area (Å²) in [6.07, 6.45) is 2.65. The van der Waals surface area contributed by atoms with Crippen molar-refractivity contribution < 1.29 is 4.79 Å². The lowest BCUT2D eigenvalue weighted by molar-refractivity contribution is 0.0979. The van der Waals surface area contributed by atoms with Gasteiger partial charge in [-0.1, -0.05) is 32.4 Å². The third-order valence-corrected chi connectivity index (χ3v) is 2.45. The molecule has 1 rings (SSSR count). The van der Waals surface area contributed by atoms with Crippen LogP contribution in [0.4, 0.5) is 5.69 Å². The molecule has 0 saturated carbocycles. The molecular weight excluding hydrogens is 186 g/mol. The van der Waals surface area contributed by atoms with Crippen molar-refractivity contribution in [3.63, 3.8) is 0 Å². The van der Waals surface area contributed by atoms with Crippen molar-refractivity contribution >= 4 is 11.5 Å². The molecule has 2 nitrogen and oxygen atoms in total. The molecule has 0 heterocycles. The predicted octanol–water partition coefficient (Wildman–Crippen LogP) is 3.28. The van der Waals surface area contributed by atoms with Crippen molar-refractivity contribution in [1.29, 1.82) is 0 Å². The molecule has 1 aromatic carbocycles. The van der Waals surface area contributed by atoms with Crippen LogP contribution in [0.1, 0.15) is 43.5 Å². The third kappa shape index (κ3) is 3.74. The minimum Gasteiger partial charge on any atom is -0.398 e. The van der Waals surface area contributed by atoms with E-state index in [2.05, 4.69) is 13.8 Å². The van der Waals surface area contributed by atoms with Crippen LogP contribution in [-0.4, -0.2) is 5.78 Å². The van der Waals surface area contributed by atoms with Gasteiger partial charge in [0.05, 0.1) is 0 Å². The molecule has 2 heteroatoms. The monoisotopic (exact) mass is 205 g/mol. The molecule has 0 aliphatic carbocycles. The first kappa shape index (κ1) is 11.8. The summed E-state index contributed by atoms with van der Waals surface area (Å²) in [5.74, 6) is 0.819. The smallest absolute Gasteiger partial charge is 0.164 e. The van der Waals surface area contributed by atoms with Gasteiger partial charge in [0.2, 0.25) is 0 Å². The van der Waals surface area contributed by atoms with Gasteiger partial charge in [-0.25, -0.2) is 0 Å². The average Bonchev–Trinajstić information content (AvgIpc) is 2.17. The minimum absolute atomic E-state index is 0.161. The van der Waals surface area contributed by atoms with E-state index in [1.807, 2.05) is 12.1 Å². The summed E-state index contributed by atoms with van der Waals surface area (Å²) in [5, 5.41) is 0. The maximum atomic E-state index is 11.8. The Labute approximate surface area is 91.5 Å². The number of nitrogens with two attached hydrogens (primary N) is 1. The second-order valence-corrected chi connectivity index (χ2v) is 4.30. The Balaban J connectivity index is 2.51. The van der Waals surface area contributed by atoms with Gasteiger partial charge in [-0.15, -0.1) is 0 Å². The molecular formula is C13H19NO. The summed E-state index contributed by atoms with van der Waals surface area (Å²) in [5.41, 5.74) is 6.99. The molecule has 0 saturated heterocycles. The Kier molecular flexibility index (Phi) is 4.35. The molecule has 1 aromatic rings. The van der Waals surface area contributed by atoms with Crippen LogP contribution in [0, 0.1) is 5.92 Å². The highest BCUT2D eigenvalue weighted by Gasteiger charge is 2.08. The molecule has 0 amide bonds. The highest BCUT2D eigenvalue weighted by Crippen LogP contribution is 2.15. The van der Waals surface area contributed by atoms with Crippen LogP contribution in [0.2, 0.25) is 0 Å². The molecule has 0 atom stereocenters. The maximum absolute atomic E-state index is 11.8. The zero-order valence-electron chi connectivity index (χ0n) is 9.49. The Morgan fingerprint density at radius 3 is 2.60 bits per heavy atom. The van der Waals surface area contributed by atoms with Gasteiger partial charge in [0.15, 0.2) is 5.78 Å². The Morgan fingerprint density at radius 2 is 2.00 bits per heavy atom. The summed E-state index contributed by atoms with van der Waals surface area (Å²) in [7, 11) is 0. The van der Waals surface area contributed by atoms with Crippen LogP contribution < -0.4 is 5.73 Å². The standard InChI is InChI=1S/C13H19NO/c1-10(2)6-5-9-13(15)11-7-3-4-8-12(11)14/h3-4,7-8,10H,5-6,9,14H2,1-2H3. The van der Waals surface area contributed by atoms with Crippen LogP contribution in [0.25, 0.3) is 0 Å². The van der Waals surface area contributed by atoms with Gasteiger partial charge >= 0.3 is 0 Å². The van der Waals surface area contributed by atoms with Crippen LogP contribution in [0.15, 0.2) is 24.3 Å². The zero-order chi connectivity index (χ0) is 11.3. The van der Waals surface area contributed by atoms with E-state index in [9.17, 15) is 4.79 Å².